The minimum absolute atomic E-state index is 0.174. The zero-order valence-corrected chi connectivity index (χ0v) is 20.3. The molecule has 1 aliphatic heterocycles. The Morgan fingerprint density at radius 2 is 1.63 bits per heavy atom. The van der Waals surface area contributed by atoms with Gasteiger partial charge < -0.3 is 26.6 Å². The van der Waals surface area contributed by atoms with Gasteiger partial charge in [-0.3, -0.25) is 14.4 Å². The number of nitrogens with two attached hydrogens (primary N) is 1. The van der Waals surface area contributed by atoms with Crippen LogP contribution in [-0.4, -0.2) is 41.0 Å². The average Bonchev–Trinajstić information content (AvgIpc) is 3.69. The van der Waals surface area contributed by atoms with Crippen LogP contribution in [0.15, 0.2) is 36.4 Å². The number of halogens is 1. The normalized spacial score (nSPS) is 15.6. The molecule has 2 aromatic rings. The smallest absolute Gasteiger partial charge is 0.303 e. The maximum Gasteiger partial charge on any atom is 0.303 e. The van der Waals surface area contributed by atoms with Gasteiger partial charge in [0, 0.05) is 12.5 Å². The first-order valence-corrected chi connectivity index (χ1v) is 12.2. The van der Waals surface area contributed by atoms with Crippen molar-refractivity contribution in [3.05, 3.63) is 63.7 Å². The summed E-state index contributed by atoms with van der Waals surface area (Å²) >= 11 is 6.48. The van der Waals surface area contributed by atoms with Crippen molar-refractivity contribution in [2.75, 3.05) is 18.4 Å². The van der Waals surface area contributed by atoms with Crippen molar-refractivity contribution in [1.29, 1.82) is 0 Å². The van der Waals surface area contributed by atoms with E-state index in [0.717, 1.165) is 60.6 Å². The number of rotatable bonds is 9. The Bertz CT molecular complexity index is 1040. The fourth-order valence-electron chi connectivity index (χ4n) is 3.97. The molecule has 1 saturated carbocycles. The summed E-state index contributed by atoms with van der Waals surface area (Å²) in [6.07, 6.45) is 3.40. The van der Waals surface area contributed by atoms with Crippen molar-refractivity contribution >= 4 is 35.0 Å². The topological polar surface area (TPSA) is 142 Å². The summed E-state index contributed by atoms with van der Waals surface area (Å²) in [5, 5.41) is 23.5. The third kappa shape index (κ3) is 8.06. The van der Waals surface area contributed by atoms with Crippen molar-refractivity contribution in [2.24, 2.45) is 11.7 Å². The molecule has 4 rings (SSSR count). The Morgan fingerprint density at radius 3 is 2.23 bits per heavy atom. The van der Waals surface area contributed by atoms with Crippen molar-refractivity contribution in [2.45, 2.75) is 51.1 Å². The highest BCUT2D eigenvalue weighted by molar-refractivity contribution is 6.33. The van der Waals surface area contributed by atoms with Gasteiger partial charge in [0.05, 0.1) is 29.6 Å². The molecule has 6 N–H and O–H groups in total. The molecule has 1 atom stereocenters. The summed E-state index contributed by atoms with van der Waals surface area (Å²) in [5.41, 5.74) is 11.9. The Labute approximate surface area is 209 Å². The Kier molecular flexibility index (Phi) is 9.65. The second kappa shape index (κ2) is 12.7. The van der Waals surface area contributed by atoms with E-state index in [9.17, 15) is 14.4 Å². The zero-order chi connectivity index (χ0) is 25.4. The molecule has 1 unspecified atom stereocenters. The molecule has 2 aromatic carbocycles. The number of aliphatic carboxylic acids is 2. The van der Waals surface area contributed by atoms with Gasteiger partial charge in [-0.15, -0.1) is 0 Å². The van der Waals surface area contributed by atoms with Crippen LogP contribution < -0.4 is 16.4 Å². The Hall–Kier alpha value is -2.94. The molecule has 2 aliphatic rings. The molecule has 1 heterocycles. The molecule has 0 amide bonds. The second-order valence-electron chi connectivity index (χ2n) is 8.85. The minimum Gasteiger partial charge on any atom is -0.481 e. The lowest BCUT2D eigenvalue weighted by Gasteiger charge is -2.17. The maximum atomic E-state index is 12.1. The van der Waals surface area contributed by atoms with E-state index in [0.29, 0.717) is 6.54 Å². The van der Waals surface area contributed by atoms with E-state index in [-0.39, 0.29) is 24.5 Å². The highest BCUT2D eigenvalue weighted by Gasteiger charge is 2.33. The van der Waals surface area contributed by atoms with Crippen LogP contribution in [0.5, 0.6) is 0 Å². The van der Waals surface area contributed by atoms with Crippen LogP contribution in [0.2, 0.25) is 5.02 Å². The van der Waals surface area contributed by atoms with Gasteiger partial charge in [0.1, 0.15) is 0 Å². The number of nitrogens with one attached hydrogen (secondary N) is 2. The molecule has 0 radical (unpaired) electrons. The summed E-state index contributed by atoms with van der Waals surface area (Å²) < 4.78 is 0. The Balaban J connectivity index is 0.000000371. The third-order valence-corrected chi connectivity index (χ3v) is 6.44. The van der Waals surface area contributed by atoms with Gasteiger partial charge in [0.15, 0.2) is 5.78 Å². The van der Waals surface area contributed by atoms with Crippen LogP contribution in [0.4, 0.5) is 5.69 Å². The number of hydrogen-bond donors (Lipinski definition) is 5. The number of fused-ring (bicyclic) bond motifs is 1. The van der Waals surface area contributed by atoms with E-state index < -0.39 is 18.0 Å². The summed E-state index contributed by atoms with van der Waals surface area (Å²) in [7, 11) is 0. The van der Waals surface area contributed by atoms with E-state index >= 15 is 0 Å². The predicted octanol–water partition coefficient (Wildman–Crippen LogP) is 3.56. The lowest BCUT2D eigenvalue weighted by molar-refractivity contribution is -0.143. The number of benzene rings is 2. The van der Waals surface area contributed by atoms with Crippen molar-refractivity contribution in [3.63, 3.8) is 0 Å². The number of carbonyl (C=O) groups excluding carboxylic acids is 1. The maximum absolute atomic E-state index is 12.1. The van der Waals surface area contributed by atoms with Gasteiger partial charge in [-0.2, -0.15) is 0 Å². The number of carboxylic acids is 2. The number of hydrogen-bond acceptors (Lipinski definition) is 6. The van der Waals surface area contributed by atoms with E-state index in [1.165, 1.54) is 11.1 Å². The van der Waals surface area contributed by atoms with Crippen molar-refractivity contribution < 1.29 is 24.6 Å². The summed E-state index contributed by atoms with van der Waals surface area (Å²) in [5.74, 6) is -1.79. The largest absolute Gasteiger partial charge is 0.481 e. The molecule has 1 fully saturated rings. The number of carbonyl (C=O) groups is 3. The molecular weight excluding hydrogens is 470 g/mol. The average molecular weight is 502 g/mol. The van der Waals surface area contributed by atoms with Gasteiger partial charge >= 0.3 is 11.9 Å². The first kappa shape index (κ1) is 26.7. The summed E-state index contributed by atoms with van der Waals surface area (Å²) in [6, 6.07) is 11.7. The van der Waals surface area contributed by atoms with E-state index in [4.69, 9.17) is 27.5 Å². The molecule has 0 spiro atoms. The molecule has 188 valence electrons. The monoisotopic (exact) mass is 501 g/mol. The standard InChI is InChI=1S/C22H26ClN3O.C4H6O4/c23-19-8-7-15-9-11-25-12-10-18(15)21(19)26-13-14-1-3-16(4-2-14)20(24)22(27)17-5-6-17;5-3(6)1-2-4(7)8/h1-4,7-8,17,20,25-26H,5-6,9-13,24H2;1-2H2,(H,5,6)(H,7,8). The van der Waals surface area contributed by atoms with Crippen LogP contribution >= 0.6 is 11.6 Å². The number of carboxylic acid groups (broad SMARTS) is 2. The lowest BCUT2D eigenvalue weighted by atomic mass is 9.99. The third-order valence-electron chi connectivity index (χ3n) is 6.13. The minimum atomic E-state index is -1.08. The van der Waals surface area contributed by atoms with Crippen LogP contribution in [0, 0.1) is 5.92 Å². The molecule has 9 heteroatoms. The predicted molar refractivity (Wildman–Crippen MR) is 135 cm³/mol. The Morgan fingerprint density at radius 1 is 1.00 bits per heavy atom. The first-order chi connectivity index (χ1) is 16.8. The SMILES string of the molecule is NC(C(=O)C1CC1)c1ccc(CNc2c(Cl)ccc3c2CCNCC3)cc1.O=C(O)CCC(=O)O. The number of Topliss-reactive ketones (excluding diaryl/α,β-unsaturated/α-hetero) is 1. The van der Waals surface area contributed by atoms with Crippen LogP contribution in [0.25, 0.3) is 0 Å². The van der Waals surface area contributed by atoms with Crippen LogP contribution in [-0.2, 0) is 33.8 Å². The molecule has 0 aromatic heterocycles. The summed E-state index contributed by atoms with van der Waals surface area (Å²) in [6.45, 7) is 2.68. The van der Waals surface area contributed by atoms with Gasteiger partial charge in [0.25, 0.3) is 0 Å². The van der Waals surface area contributed by atoms with Gasteiger partial charge in [-0.05, 0) is 67.1 Å². The van der Waals surface area contributed by atoms with Gasteiger partial charge in [0.2, 0.25) is 0 Å². The van der Waals surface area contributed by atoms with Crippen molar-refractivity contribution in [3.8, 4) is 0 Å². The number of anilines is 1. The van der Waals surface area contributed by atoms with Crippen molar-refractivity contribution in [1.82, 2.24) is 5.32 Å². The molecule has 0 bridgehead atoms. The highest BCUT2D eigenvalue weighted by Crippen LogP contribution is 2.34. The van der Waals surface area contributed by atoms with Crippen LogP contribution in [0.3, 0.4) is 0 Å². The van der Waals surface area contributed by atoms with E-state index in [2.05, 4.69) is 16.7 Å². The quantitative estimate of drug-likeness (QED) is 0.351. The van der Waals surface area contributed by atoms with Crippen LogP contribution in [0.1, 0.15) is 54.0 Å². The second-order valence-corrected chi connectivity index (χ2v) is 9.25. The van der Waals surface area contributed by atoms with Gasteiger partial charge in [-0.1, -0.05) is 41.9 Å². The molecule has 35 heavy (non-hydrogen) atoms. The molecule has 0 saturated heterocycles. The fourth-order valence-corrected chi connectivity index (χ4v) is 4.21. The zero-order valence-electron chi connectivity index (χ0n) is 19.6. The number of ketones is 1. The van der Waals surface area contributed by atoms with E-state index in [1.807, 2.05) is 30.3 Å². The fraction of sp³-hybridized carbons (Fsp3) is 0.423. The molecule has 8 nitrogen and oxygen atoms in total. The molecular formula is C26H32ClN3O5. The summed E-state index contributed by atoms with van der Waals surface area (Å²) in [4.78, 5) is 31.4. The first-order valence-electron chi connectivity index (χ1n) is 11.8. The molecule has 1 aliphatic carbocycles. The van der Waals surface area contributed by atoms with E-state index in [1.54, 1.807) is 0 Å². The highest BCUT2D eigenvalue weighted by atomic mass is 35.5. The lowest BCUT2D eigenvalue weighted by Crippen LogP contribution is -2.22. The van der Waals surface area contributed by atoms with Gasteiger partial charge in [-0.25, -0.2) is 0 Å².